The van der Waals surface area contributed by atoms with Crippen LogP contribution in [0.4, 0.5) is 5.69 Å². The summed E-state index contributed by atoms with van der Waals surface area (Å²) >= 11 is 0. The molecule has 0 amide bonds. The molecular weight excluding hydrogens is 787 g/mol. The summed E-state index contributed by atoms with van der Waals surface area (Å²) in [6.45, 7) is 12.6. The standard InChI is InChI=1S/C55H77NO7/c1-8-23-55(61)25-22-44-41-16-12-35-28-38(57)15-17-40(35)50(41)42(32-53(44,55)4)34-10-13-37(14-11-34)56(6)26-27-63-39-21-24-52(3)36(29-39)30-47(58)51-45-19-18-43(33(2)9-20-49(60)62-7)54(45,5)48(59)31-46(51)52/h10-14,33,36,39,41-48,51,58-59,61H,9,15-22,24-32H2,1-7H3/t33-,36+,39+,41?,42-,43-,44?,45+,46+,47-,48+,51+,52+,53+,54-,55+/m1/s1. The van der Waals surface area contributed by atoms with Crippen molar-refractivity contribution in [3.8, 4) is 11.8 Å². The van der Waals surface area contributed by atoms with Crippen molar-refractivity contribution >= 4 is 17.4 Å². The van der Waals surface area contributed by atoms with Gasteiger partial charge in [0, 0.05) is 49.9 Å². The molecule has 0 saturated heterocycles. The Morgan fingerprint density at radius 3 is 2.51 bits per heavy atom. The highest BCUT2D eigenvalue weighted by molar-refractivity contribution is 5.84. The van der Waals surface area contributed by atoms with E-state index < -0.39 is 11.7 Å². The molecule has 8 aliphatic carbocycles. The van der Waals surface area contributed by atoms with Crippen LogP contribution in [0.15, 0.2) is 47.1 Å². The molecule has 7 saturated carbocycles. The quantitative estimate of drug-likeness (QED) is 0.158. The Morgan fingerprint density at radius 1 is 0.984 bits per heavy atom. The number of hydrogen-bond acceptors (Lipinski definition) is 8. The number of esters is 1. The first-order valence-electron chi connectivity index (χ1n) is 25.0. The molecule has 9 rings (SSSR count). The van der Waals surface area contributed by atoms with E-state index >= 15 is 0 Å². The topological polar surface area (TPSA) is 117 Å². The minimum atomic E-state index is -0.988. The van der Waals surface area contributed by atoms with Gasteiger partial charge in [-0.05, 0) is 177 Å². The van der Waals surface area contributed by atoms with E-state index in [0.717, 1.165) is 95.7 Å². The summed E-state index contributed by atoms with van der Waals surface area (Å²) in [5, 5.41) is 36.1. The number of aliphatic hydroxyl groups is 3. The Balaban J connectivity index is 0.835. The normalized spacial score (nSPS) is 43.2. The SMILES string of the molecule is CC#C[C@]1(O)CCC2C3CC=C4CC(=O)CCC4=C3[C@@H](c3ccc(N(C)CCO[C@H]4CC[C@@]5(C)[C@@H](C4)C[C@@H](O)[C@@H]4[C@@H]5C[C@H](O)[C@]5(C)[C@@H]([C@H](C)CCC(=O)OC)CC[C@@H]45)cc3)C[C@@]21C. The zero-order chi connectivity index (χ0) is 44.6. The third-order valence-electron chi connectivity index (χ3n) is 20.2. The number of hydrogen-bond donors (Lipinski definition) is 3. The van der Waals surface area contributed by atoms with Gasteiger partial charge >= 0.3 is 5.97 Å². The summed E-state index contributed by atoms with van der Waals surface area (Å²) < 4.78 is 11.6. The van der Waals surface area contributed by atoms with E-state index in [-0.39, 0.29) is 46.3 Å². The van der Waals surface area contributed by atoms with Gasteiger partial charge in [-0.2, -0.15) is 0 Å². The fourth-order valence-corrected chi connectivity index (χ4v) is 16.7. The first kappa shape index (κ1) is 45.2. The van der Waals surface area contributed by atoms with Crippen LogP contribution in [0.3, 0.4) is 0 Å². The number of ketones is 1. The van der Waals surface area contributed by atoms with E-state index in [0.29, 0.717) is 73.1 Å². The molecule has 8 aliphatic rings. The lowest BCUT2D eigenvalue weighted by molar-refractivity contribution is -0.209. The zero-order valence-corrected chi connectivity index (χ0v) is 39.5. The maximum atomic E-state index is 12.6. The van der Waals surface area contributed by atoms with Crippen LogP contribution in [0.2, 0.25) is 0 Å². The van der Waals surface area contributed by atoms with E-state index in [1.165, 1.54) is 23.8 Å². The average molecular weight is 864 g/mol. The van der Waals surface area contributed by atoms with Gasteiger partial charge in [0.2, 0.25) is 0 Å². The summed E-state index contributed by atoms with van der Waals surface area (Å²) in [5.41, 5.74) is 5.22. The van der Waals surface area contributed by atoms with Gasteiger partial charge in [-0.3, -0.25) is 9.59 Å². The second-order valence-electron chi connectivity index (χ2n) is 22.7. The number of benzene rings is 1. The molecule has 0 aliphatic heterocycles. The number of allylic oxidation sites excluding steroid dienone is 4. The molecule has 0 aromatic heterocycles. The lowest BCUT2D eigenvalue weighted by atomic mass is 9.43. The smallest absolute Gasteiger partial charge is 0.305 e. The fraction of sp³-hybridized carbons (Fsp3) is 0.745. The van der Waals surface area contributed by atoms with Crippen molar-refractivity contribution in [3.05, 3.63) is 52.6 Å². The molecule has 0 spiro atoms. The van der Waals surface area contributed by atoms with Gasteiger partial charge in [0.1, 0.15) is 11.4 Å². The molecule has 16 atom stereocenters. The van der Waals surface area contributed by atoms with Gasteiger partial charge in [0.15, 0.2) is 0 Å². The molecule has 3 N–H and O–H groups in total. The molecule has 7 fully saturated rings. The van der Waals surface area contributed by atoms with E-state index in [1.54, 1.807) is 5.57 Å². The van der Waals surface area contributed by atoms with E-state index in [1.807, 2.05) is 6.92 Å². The molecule has 344 valence electrons. The summed E-state index contributed by atoms with van der Waals surface area (Å²) in [7, 11) is 3.60. The number of anilines is 1. The number of aliphatic hydroxyl groups excluding tert-OH is 2. The van der Waals surface area contributed by atoms with E-state index in [9.17, 15) is 24.9 Å². The molecule has 8 heteroatoms. The van der Waals surface area contributed by atoms with Gasteiger partial charge in [0.25, 0.3) is 0 Å². The predicted molar refractivity (Wildman–Crippen MR) is 247 cm³/mol. The third-order valence-corrected chi connectivity index (χ3v) is 20.2. The van der Waals surface area contributed by atoms with Gasteiger partial charge in [0.05, 0.1) is 32.0 Å². The van der Waals surface area contributed by atoms with Crippen LogP contribution >= 0.6 is 0 Å². The molecule has 1 aromatic rings. The van der Waals surface area contributed by atoms with Crippen molar-refractivity contribution in [2.24, 2.45) is 63.6 Å². The Labute approximate surface area is 378 Å². The molecule has 63 heavy (non-hydrogen) atoms. The number of fused-ring (bicyclic) bond motifs is 9. The number of carbonyl (C=O) groups excluding carboxylic acids is 2. The lowest BCUT2D eigenvalue weighted by Crippen LogP contribution is -2.62. The summed E-state index contributed by atoms with van der Waals surface area (Å²) in [6.07, 6.45) is 15.2. The van der Waals surface area contributed by atoms with Crippen LogP contribution in [-0.4, -0.2) is 78.3 Å². The Hall–Kier alpha value is -2.96. The van der Waals surface area contributed by atoms with Crippen molar-refractivity contribution in [2.75, 3.05) is 32.2 Å². The minimum Gasteiger partial charge on any atom is -0.469 e. The third kappa shape index (κ3) is 7.41. The van der Waals surface area contributed by atoms with Crippen LogP contribution < -0.4 is 4.90 Å². The van der Waals surface area contributed by atoms with Crippen LogP contribution in [0.25, 0.3) is 0 Å². The minimum absolute atomic E-state index is 0.0798. The van der Waals surface area contributed by atoms with Crippen LogP contribution in [0, 0.1) is 75.4 Å². The first-order valence-corrected chi connectivity index (χ1v) is 25.0. The summed E-state index contributed by atoms with van der Waals surface area (Å²) in [5.74, 6) is 9.32. The summed E-state index contributed by atoms with van der Waals surface area (Å²) in [6, 6.07) is 9.13. The maximum Gasteiger partial charge on any atom is 0.305 e. The second kappa shape index (κ2) is 17.0. The largest absolute Gasteiger partial charge is 0.469 e. The molecule has 1 aromatic carbocycles. The Morgan fingerprint density at radius 2 is 1.76 bits per heavy atom. The highest BCUT2D eigenvalue weighted by Crippen LogP contribution is 2.69. The number of methoxy groups -OCH3 is 1. The number of Topliss-reactive ketones (excluding diaryl/α,β-unsaturated/α-hetero) is 1. The van der Waals surface area contributed by atoms with Gasteiger partial charge in [-0.25, -0.2) is 0 Å². The number of carbonyl (C=O) groups is 2. The van der Waals surface area contributed by atoms with E-state index in [2.05, 4.69) is 81.8 Å². The van der Waals surface area contributed by atoms with Gasteiger partial charge in [-0.15, -0.1) is 5.92 Å². The average Bonchev–Trinajstić information content (AvgIpc) is 3.76. The maximum absolute atomic E-state index is 12.6. The predicted octanol–water partition coefficient (Wildman–Crippen LogP) is 9.35. The molecule has 0 radical (unpaired) electrons. The van der Waals surface area contributed by atoms with Crippen molar-refractivity contribution < 1.29 is 34.4 Å². The van der Waals surface area contributed by atoms with Crippen LogP contribution in [0.5, 0.6) is 0 Å². The van der Waals surface area contributed by atoms with Gasteiger partial charge < -0.3 is 29.7 Å². The summed E-state index contributed by atoms with van der Waals surface area (Å²) in [4.78, 5) is 26.8. The Kier molecular flexibility index (Phi) is 12.2. The van der Waals surface area contributed by atoms with Crippen molar-refractivity contribution in [1.82, 2.24) is 0 Å². The zero-order valence-electron chi connectivity index (χ0n) is 39.5. The number of rotatable bonds is 10. The first-order chi connectivity index (χ1) is 30.1. The highest BCUT2D eigenvalue weighted by Gasteiger charge is 2.66. The van der Waals surface area contributed by atoms with Crippen LogP contribution in [-0.2, 0) is 19.1 Å². The number of ether oxygens (including phenoxy) is 2. The van der Waals surface area contributed by atoms with Gasteiger partial charge in [-0.1, -0.05) is 57.4 Å². The number of nitrogens with zero attached hydrogens (tertiary/aromatic N) is 1. The Bertz CT molecular complexity index is 2050. The monoisotopic (exact) mass is 864 g/mol. The molecule has 0 heterocycles. The van der Waals surface area contributed by atoms with Crippen LogP contribution in [0.1, 0.15) is 149 Å². The van der Waals surface area contributed by atoms with E-state index in [4.69, 9.17) is 9.47 Å². The van der Waals surface area contributed by atoms with Crippen molar-refractivity contribution in [2.45, 2.75) is 167 Å². The molecular formula is C55H77NO7. The number of likely N-dealkylation sites (N-methyl/N-ethyl adjacent to an activating group) is 1. The molecule has 2 unspecified atom stereocenters. The fourth-order valence-electron chi connectivity index (χ4n) is 16.7. The van der Waals surface area contributed by atoms with Crippen molar-refractivity contribution in [1.29, 1.82) is 0 Å². The molecule has 8 nitrogen and oxygen atoms in total. The molecule has 0 bridgehead atoms. The van der Waals surface area contributed by atoms with Crippen molar-refractivity contribution in [3.63, 3.8) is 0 Å². The lowest BCUT2D eigenvalue weighted by Gasteiger charge is -2.63. The highest BCUT2D eigenvalue weighted by atomic mass is 16.5. The second-order valence-corrected chi connectivity index (χ2v) is 22.7.